The third-order valence-electron chi connectivity index (χ3n) is 8.94. The predicted molar refractivity (Wildman–Crippen MR) is 209 cm³/mol. The highest BCUT2D eigenvalue weighted by atomic mass is 32.2. The molecule has 0 saturated heterocycles. The van der Waals surface area contributed by atoms with Crippen molar-refractivity contribution in [2.24, 2.45) is 0 Å². The number of unbranched alkanes of at least 4 members (excludes halogenated alkanes) is 28. The Labute approximate surface area is 296 Å². The summed E-state index contributed by atoms with van der Waals surface area (Å²) in [5, 5.41) is 17.6. The summed E-state index contributed by atoms with van der Waals surface area (Å²) < 4.78 is -0.675. The van der Waals surface area contributed by atoms with Crippen LogP contribution in [0.15, 0.2) is 0 Å². The largest absolute Gasteiger partial charge is 0.481 e. The van der Waals surface area contributed by atoms with Gasteiger partial charge in [-0.3, -0.25) is 4.79 Å². The SMILES string of the molecule is CCC(=O)O.CCCCCCCCCCCCCCCCCSC(C)(SCCCCCCCCCCCCCCCCC)C(=O)O. The minimum atomic E-state index is -0.745. The van der Waals surface area contributed by atoms with E-state index >= 15 is 0 Å². The second kappa shape index (κ2) is 39.1. The fraction of sp³-hybridized carbons (Fsp3) is 0.950. The molecule has 0 fully saturated rings. The number of hydrogen-bond donors (Lipinski definition) is 2. The van der Waals surface area contributed by atoms with Crippen molar-refractivity contribution in [2.45, 2.75) is 231 Å². The molecule has 0 aromatic carbocycles. The summed E-state index contributed by atoms with van der Waals surface area (Å²) in [6.07, 6.45) is 41.5. The molecule has 0 rings (SSSR count). The summed E-state index contributed by atoms with van der Waals surface area (Å²) in [6.45, 7) is 8.11. The Hall–Kier alpha value is -0.360. The van der Waals surface area contributed by atoms with Gasteiger partial charge in [-0.1, -0.05) is 201 Å². The molecule has 0 atom stereocenters. The van der Waals surface area contributed by atoms with E-state index in [1.54, 1.807) is 30.4 Å². The second-order valence-corrected chi connectivity index (χ2v) is 16.9. The van der Waals surface area contributed by atoms with Crippen LogP contribution in [0, 0.1) is 0 Å². The molecule has 0 aromatic rings. The molecule has 0 radical (unpaired) electrons. The van der Waals surface area contributed by atoms with Gasteiger partial charge in [0.15, 0.2) is 4.08 Å². The summed E-state index contributed by atoms with van der Waals surface area (Å²) in [7, 11) is 0. The van der Waals surface area contributed by atoms with Gasteiger partial charge >= 0.3 is 11.9 Å². The van der Waals surface area contributed by atoms with Crippen molar-refractivity contribution >= 4 is 35.5 Å². The van der Waals surface area contributed by atoms with Crippen LogP contribution >= 0.6 is 23.5 Å². The molecule has 0 saturated carbocycles. The van der Waals surface area contributed by atoms with Gasteiger partial charge in [0.2, 0.25) is 0 Å². The molecule has 6 heteroatoms. The highest BCUT2D eigenvalue weighted by molar-refractivity contribution is 8.19. The quantitative estimate of drug-likeness (QED) is 0.0504. The van der Waals surface area contributed by atoms with Crippen molar-refractivity contribution in [3.8, 4) is 0 Å². The maximum absolute atomic E-state index is 12.0. The number of rotatable bonds is 36. The Balaban J connectivity index is 0. The van der Waals surface area contributed by atoms with E-state index < -0.39 is 16.0 Å². The topological polar surface area (TPSA) is 74.6 Å². The second-order valence-electron chi connectivity index (χ2n) is 13.6. The van der Waals surface area contributed by atoms with Crippen LogP contribution in [0.4, 0.5) is 0 Å². The van der Waals surface area contributed by atoms with E-state index in [0.717, 1.165) is 24.3 Å². The molecule has 276 valence electrons. The molecule has 4 nitrogen and oxygen atoms in total. The van der Waals surface area contributed by atoms with Crippen LogP contribution in [0.3, 0.4) is 0 Å². The Bertz CT molecular complexity index is 592. The molecule has 0 aliphatic carbocycles. The fourth-order valence-electron chi connectivity index (χ4n) is 5.65. The number of carbonyl (C=O) groups is 2. The van der Waals surface area contributed by atoms with Gasteiger partial charge in [-0.2, -0.15) is 0 Å². The van der Waals surface area contributed by atoms with Gasteiger partial charge in [0.1, 0.15) is 0 Å². The van der Waals surface area contributed by atoms with Gasteiger partial charge in [0, 0.05) is 6.42 Å². The van der Waals surface area contributed by atoms with Gasteiger partial charge < -0.3 is 10.2 Å². The number of carboxylic acids is 2. The smallest absolute Gasteiger partial charge is 0.329 e. The molecule has 0 amide bonds. The molecular weight excluding hydrogens is 609 g/mol. The molecule has 0 heterocycles. The third-order valence-corrected chi connectivity index (χ3v) is 12.1. The number of hydrogen-bond acceptors (Lipinski definition) is 4. The van der Waals surface area contributed by atoms with Crippen molar-refractivity contribution < 1.29 is 19.8 Å². The Morgan fingerprint density at radius 1 is 0.413 bits per heavy atom. The van der Waals surface area contributed by atoms with Crippen LogP contribution < -0.4 is 0 Å². The fourth-order valence-corrected chi connectivity index (χ4v) is 8.20. The van der Waals surface area contributed by atoms with E-state index in [1.807, 2.05) is 6.92 Å². The molecule has 2 N–H and O–H groups in total. The first kappa shape index (κ1) is 47.8. The van der Waals surface area contributed by atoms with E-state index in [0.29, 0.717) is 0 Å². The van der Waals surface area contributed by atoms with Gasteiger partial charge in [0.25, 0.3) is 0 Å². The van der Waals surface area contributed by atoms with Crippen molar-refractivity contribution in [1.82, 2.24) is 0 Å². The van der Waals surface area contributed by atoms with Crippen LogP contribution in [0.25, 0.3) is 0 Å². The minimum absolute atomic E-state index is 0.222. The van der Waals surface area contributed by atoms with Crippen molar-refractivity contribution in [3.05, 3.63) is 0 Å². The van der Waals surface area contributed by atoms with E-state index in [4.69, 9.17) is 5.11 Å². The number of thioether (sulfide) groups is 2. The Kier molecular flexibility index (Phi) is 40.6. The first-order chi connectivity index (χ1) is 22.3. The standard InChI is InChI=1S/C37H74O2S2.C3H6O2/c1-4-6-8-10-12-14-16-18-20-22-24-26-28-30-32-34-40-37(3,36(38)39)41-35-33-31-29-27-25-23-21-19-17-15-13-11-9-7-5-2;1-2-3(4)5/h4-35H2,1-3H3,(H,38,39);2H2,1H3,(H,4,5). The van der Waals surface area contributed by atoms with E-state index in [-0.39, 0.29) is 6.42 Å². The summed E-state index contributed by atoms with van der Waals surface area (Å²) in [5.41, 5.74) is 0. The summed E-state index contributed by atoms with van der Waals surface area (Å²) in [4.78, 5) is 21.3. The minimum Gasteiger partial charge on any atom is -0.481 e. The van der Waals surface area contributed by atoms with Gasteiger partial charge in [-0.15, -0.1) is 23.5 Å². The van der Waals surface area contributed by atoms with Gasteiger partial charge in [-0.05, 0) is 31.3 Å². The van der Waals surface area contributed by atoms with Crippen LogP contribution in [0.2, 0.25) is 0 Å². The average Bonchev–Trinajstić information content (AvgIpc) is 3.04. The number of aliphatic carboxylic acids is 2. The van der Waals surface area contributed by atoms with Crippen molar-refractivity contribution in [1.29, 1.82) is 0 Å². The van der Waals surface area contributed by atoms with E-state index in [2.05, 4.69) is 13.8 Å². The highest BCUT2D eigenvalue weighted by Crippen LogP contribution is 2.38. The first-order valence-electron chi connectivity index (χ1n) is 20.1. The summed E-state index contributed by atoms with van der Waals surface area (Å²) in [6, 6.07) is 0. The zero-order valence-electron chi connectivity index (χ0n) is 31.4. The lowest BCUT2D eigenvalue weighted by Gasteiger charge is -2.23. The van der Waals surface area contributed by atoms with Crippen LogP contribution in [-0.4, -0.2) is 37.7 Å². The van der Waals surface area contributed by atoms with Crippen LogP contribution in [-0.2, 0) is 9.59 Å². The zero-order valence-corrected chi connectivity index (χ0v) is 33.0. The molecule has 0 aromatic heterocycles. The van der Waals surface area contributed by atoms with Gasteiger partial charge in [-0.25, -0.2) is 4.79 Å². The number of carboxylic acid groups (broad SMARTS) is 2. The molecule has 0 aliphatic heterocycles. The van der Waals surface area contributed by atoms with Crippen molar-refractivity contribution in [3.63, 3.8) is 0 Å². The molecular formula is C40H80O4S2. The first-order valence-corrected chi connectivity index (χ1v) is 22.0. The van der Waals surface area contributed by atoms with Crippen LogP contribution in [0.5, 0.6) is 0 Å². The molecule has 0 spiro atoms. The summed E-state index contributed by atoms with van der Waals surface area (Å²) in [5.74, 6) is 0.569. The molecule has 0 aliphatic rings. The van der Waals surface area contributed by atoms with E-state index in [9.17, 15) is 14.7 Å². The van der Waals surface area contributed by atoms with Crippen LogP contribution in [0.1, 0.15) is 227 Å². The van der Waals surface area contributed by atoms with Crippen molar-refractivity contribution in [2.75, 3.05) is 11.5 Å². The molecule has 0 bridgehead atoms. The molecule has 0 unspecified atom stereocenters. The monoisotopic (exact) mass is 689 g/mol. The third kappa shape index (κ3) is 38.1. The zero-order chi connectivity index (χ0) is 34.4. The lowest BCUT2D eigenvalue weighted by atomic mass is 10.0. The van der Waals surface area contributed by atoms with Gasteiger partial charge in [0.05, 0.1) is 0 Å². The maximum Gasteiger partial charge on any atom is 0.329 e. The average molecular weight is 689 g/mol. The summed E-state index contributed by atoms with van der Waals surface area (Å²) >= 11 is 3.34. The normalized spacial score (nSPS) is 11.4. The molecule has 46 heavy (non-hydrogen) atoms. The predicted octanol–water partition coefficient (Wildman–Crippen LogP) is 14.5. The lowest BCUT2D eigenvalue weighted by molar-refractivity contribution is -0.137. The van der Waals surface area contributed by atoms with E-state index in [1.165, 1.54) is 180 Å². The maximum atomic E-state index is 12.0. The lowest BCUT2D eigenvalue weighted by Crippen LogP contribution is -2.28. The highest BCUT2D eigenvalue weighted by Gasteiger charge is 2.33. The Morgan fingerprint density at radius 2 is 0.609 bits per heavy atom. The Morgan fingerprint density at radius 3 is 0.783 bits per heavy atom.